The summed E-state index contributed by atoms with van der Waals surface area (Å²) in [5.41, 5.74) is 2.13. The lowest BCUT2D eigenvalue weighted by Crippen LogP contribution is -1.94. The summed E-state index contributed by atoms with van der Waals surface area (Å²) in [7, 11) is 0. The number of nitrogens with zero attached hydrogens (tertiary/aromatic N) is 4. The monoisotopic (exact) mass is 364 g/mol. The molecule has 5 nitrogen and oxygen atoms in total. The van der Waals surface area contributed by atoms with Gasteiger partial charge in [-0.2, -0.15) is 10.2 Å². The number of ether oxygens (including phenoxy) is 1. The molecule has 0 saturated carbocycles. The van der Waals surface area contributed by atoms with Gasteiger partial charge in [0.25, 0.3) is 0 Å². The van der Waals surface area contributed by atoms with Crippen LogP contribution in [0.1, 0.15) is 5.56 Å². The first kappa shape index (κ1) is 15.5. The van der Waals surface area contributed by atoms with Crippen LogP contribution in [0.5, 0.6) is 11.6 Å². The molecule has 0 bridgehead atoms. The van der Waals surface area contributed by atoms with Crippen molar-refractivity contribution >= 4 is 33.2 Å². The van der Waals surface area contributed by atoms with E-state index in [2.05, 4.69) is 21.0 Å². The molecule has 3 heterocycles. The highest BCUT2D eigenvalue weighted by Gasteiger charge is 2.13. The van der Waals surface area contributed by atoms with E-state index in [1.54, 1.807) is 42.6 Å². The second kappa shape index (κ2) is 6.48. The number of nitriles is 1. The molecule has 0 spiro atoms. The highest BCUT2D eigenvalue weighted by atomic mass is 35.5. The molecule has 3 aromatic heterocycles. The van der Waals surface area contributed by atoms with E-state index in [0.717, 1.165) is 15.8 Å². The van der Waals surface area contributed by atoms with Crippen molar-refractivity contribution in [2.24, 2.45) is 0 Å². The maximum Gasteiger partial charge on any atom is 0.240 e. The number of pyridine rings is 1. The zero-order valence-electron chi connectivity index (χ0n) is 12.7. The van der Waals surface area contributed by atoms with Crippen LogP contribution in [0.4, 0.5) is 0 Å². The molecular formula is C18H9ClN4OS. The summed E-state index contributed by atoms with van der Waals surface area (Å²) in [5.74, 6) is 1.58. The van der Waals surface area contributed by atoms with Crippen molar-refractivity contribution in [3.8, 4) is 29.1 Å². The Morgan fingerprint density at radius 2 is 1.92 bits per heavy atom. The minimum Gasteiger partial charge on any atom is -0.437 e. The van der Waals surface area contributed by atoms with Gasteiger partial charge in [-0.1, -0.05) is 11.6 Å². The van der Waals surface area contributed by atoms with Gasteiger partial charge in [0.1, 0.15) is 15.6 Å². The second-order valence-corrected chi connectivity index (χ2v) is 6.40. The van der Waals surface area contributed by atoms with Crippen molar-refractivity contribution < 1.29 is 4.74 Å². The molecular weight excluding hydrogens is 356 g/mol. The van der Waals surface area contributed by atoms with E-state index in [1.165, 1.54) is 11.3 Å². The Labute approximate surface area is 152 Å². The molecule has 0 saturated heterocycles. The summed E-state index contributed by atoms with van der Waals surface area (Å²) in [5, 5.41) is 11.2. The van der Waals surface area contributed by atoms with Crippen LogP contribution in [0.2, 0.25) is 5.15 Å². The first-order chi connectivity index (χ1) is 12.2. The highest BCUT2D eigenvalue weighted by Crippen LogP contribution is 2.33. The Balaban J connectivity index is 1.79. The Bertz CT molecular complexity index is 1100. The molecule has 0 aliphatic rings. The highest BCUT2D eigenvalue weighted by molar-refractivity contribution is 7.17. The van der Waals surface area contributed by atoms with Crippen LogP contribution in [-0.2, 0) is 0 Å². The Hall–Kier alpha value is -3.01. The molecule has 120 valence electrons. The van der Waals surface area contributed by atoms with Crippen LogP contribution in [0.25, 0.3) is 21.6 Å². The summed E-state index contributed by atoms with van der Waals surface area (Å²) >= 11 is 7.47. The molecule has 0 amide bonds. The maximum absolute atomic E-state index is 8.89. The van der Waals surface area contributed by atoms with Crippen molar-refractivity contribution in [2.75, 3.05) is 0 Å². The van der Waals surface area contributed by atoms with Gasteiger partial charge >= 0.3 is 0 Å². The molecule has 4 aromatic rings. The van der Waals surface area contributed by atoms with Gasteiger partial charge in [0.2, 0.25) is 5.88 Å². The van der Waals surface area contributed by atoms with Crippen molar-refractivity contribution in [2.45, 2.75) is 0 Å². The van der Waals surface area contributed by atoms with Gasteiger partial charge in [-0.25, -0.2) is 9.97 Å². The predicted octanol–water partition coefficient (Wildman–Crippen LogP) is 5.07. The lowest BCUT2D eigenvalue weighted by atomic mass is 10.2. The maximum atomic E-state index is 8.89. The summed E-state index contributed by atoms with van der Waals surface area (Å²) in [6, 6.07) is 14.4. The average Bonchev–Trinajstić information content (AvgIpc) is 3.11. The molecule has 25 heavy (non-hydrogen) atoms. The third-order valence-corrected chi connectivity index (χ3v) is 4.55. The Kier molecular flexibility index (Phi) is 4.02. The summed E-state index contributed by atoms with van der Waals surface area (Å²) in [6.07, 6.45) is 1.61. The number of halogens is 1. The van der Waals surface area contributed by atoms with Crippen molar-refractivity contribution in [3.05, 3.63) is 64.8 Å². The molecule has 0 N–H and O–H groups in total. The quantitative estimate of drug-likeness (QED) is 0.474. The van der Waals surface area contributed by atoms with Crippen LogP contribution in [-0.4, -0.2) is 15.0 Å². The average molecular weight is 365 g/mol. The third-order valence-electron chi connectivity index (χ3n) is 3.46. The van der Waals surface area contributed by atoms with Gasteiger partial charge in [0.05, 0.1) is 17.1 Å². The second-order valence-electron chi connectivity index (χ2n) is 5.09. The number of thiophene rings is 1. The number of aromatic nitrogens is 3. The summed E-state index contributed by atoms with van der Waals surface area (Å²) < 4.78 is 6.80. The summed E-state index contributed by atoms with van der Waals surface area (Å²) in [4.78, 5) is 13.1. The topological polar surface area (TPSA) is 71.7 Å². The van der Waals surface area contributed by atoms with E-state index in [4.69, 9.17) is 21.6 Å². The van der Waals surface area contributed by atoms with Crippen LogP contribution in [0.3, 0.4) is 0 Å². The standard InChI is InChI=1S/C18H9ClN4OS/c19-15-9-12(5-7-21-15)17-22-14-6-8-25-16(14)18(23-17)24-13-3-1-11(10-20)2-4-13/h1-9H. The largest absolute Gasteiger partial charge is 0.437 e. The van der Waals surface area contributed by atoms with Crippen LogP contribution in [0.15, 0.2) is 54.0 Å². The van der Waals surface area contributed by atoms with E-state index in [-0.39, 0.29) is 0 Å². The fourth-order valence-corrected chi connectivity index (χ4v) is 3.22. The first-order valence-electron chi connectivity index (χ1n) is 7.28. The minimum atomic E-state index is 0.376. The van der Waals surface area contributed by atoms with Gasteiger partial charge < -0.3 is 4.74 Å². The zero-order chi connectivity index (χ0) is 17.2. The minimum absolute atomic E-state index is 0.376. The number of benzene rings is 1. The molecule has 4 rings (SSSR count). The van der Waals surface area contributed by atoms with E-state index in [1.807, 2.05) is 11.4 Å². The van der Waals surface area contributed by atoms with Gasteiger partial charge in [-0.05, 0) is 47.8 Å². The van der Waals surface area contributed by atoms with Crippen LogP contribution < -0.4 is 4.74 Å². The molecule has 0 radical (unpaired) electrons. The fourth-order valence-electron chi connectivity index (χ4n) is 2.29. The lowest BCUT2D eigenvalue weighted by molar-refractivity contribution is 0.470. The number of rotatable bonds is 3. The molecule has 0 unspecified atom stereocenters. The zero-order valence-corrected chi connectivity index (χ0v) is 14.3. The number of hydrogen-bond donors (Lipinski definition) is 0. The molecule has 0 aliphatic heterocycles. The molecule has 0 aliphatic carbocycles. The van der Waals surface area contributed by atoms with Gasteiger partial charge in [-0.15, -0.1) is 11.3 Å². The normalized spacial score (nSPS) is 10.6. The fraction of sp³-hybridized carbons (Fsp3) is 0. The van der Waals surface area contributed by atoms with E-state index in [0.29, 0.717) is 28.2 Å². The number of hydrogen-bond acceptors (Lipinski definition) is 6. The summed E-state index contributed by atoms with van der Waals surface area (Å²) in [6.45, 7) is 0. The Morgan fingerprint density at radius 1 is 1.08 bits per heavy atom. The molecule has 7 heteroatoms. The van der Waals surface area contributed by atoms with E-state index in [9.17, 15) is 0 Å². The van der Waals surface area contributed by atoms with Crippen molar-refractivity contribution in [1.82, 2.24) is 15.0 Å². The Morgan fingerprint density at radius 3 is 2.68 bits per heavy atom. The molecule has 0 atom stereocenters. The smallest absolute Gasteiger partial charge is 0.240 e. The van der Waals surface area contributed by atoms with Gasteiger partial charge in [0, 0.05) is 11.8 Å². The first-order valence-corrected chi connectivity index (χ1v) is 8.54. The SMILES string of the molecule is N#Cc1ccc(Oc2nc(-c3ccnc(Cl)c3)nc3ccsc23)cc1. The number of fused-ring (bicyclic) bond motifs is 1. The van der Waals surface area contributed by atoms with E-state index < -0.39 is 0 Å². The molecule has 0 fully saturated rings. The van der Waals surface area contributed by atoms with Crippen LogP contribution >= 0.6 is 22.9 Å². The predicted molar refractivity (Wildman–Crippen MR) is 96.9 cm³/mol. The van der Waals surface area contributed by atoms with Gasteiger partial charge in [-0.3, -0.25) is 0 Å². The molecule has 1 aromatic carbocycles. The van der Waals surface area contributed by atoms with E-state index >= 15 is 0 Å². The third kappa shape index (κ3) is 3.15. The van der Waals surface area contributed by atoms with Crippen molar-refractivity contribution in [1.29, 1.82) is 5.26 Å². The lowest BCUT2D eigenvalue weighted by Gasteiger charge is -2.08. The van der Waals surface area contributed by atoms with Crippen LogP contribution in [0, 0.1) is 11.3 Å². The van der Waals surface area contributed by atoms with Crippen molar-refractivity contribution in [3.63, 3.8) is 0 Å². The van der Waals surface area contributed by atoms with Gasteiger partial charge in [0.15, 0.2) is 5.82 Å².